The van der Waals surface area contributed by atoms with Gasteiger partial charge in [-0.1, -0.05) is 6.92 Å². The minimum Gasteiger partial charge on any atom is -0.619 e. The molecule has 5 heteroatoms. The number of rotatable bonds is 4. The maximum Gasteiger partial charge on any atom is 0.407 e. The maximum atomic E-state index is 11.0. The topological polar surface area (TPSA) is 65.3 Å². The first kappa shape index (κ1) is 11.3. The van der Waals surface area contributed by atoms with Crippen LogP contribution >= 0.6 is 0 Å². The molecule has 1 N–H and O–H groups in total. The van der Waals surface area contributed by atoms with Crippen LogP contribution in [0.2, 0.25) is 0 Å². The molecule has 1 heterocycles. The van der Waals surface area contributed by atoms with Crippen LogP contribution in [0.4, 0.5) is 4.79 Å². The Morgan fingerprint density at radius 1 is 1.67 bits per heavy atom. The fraction of sp³-hybridized carbons (Fsp3) is 0.400. The van der Waals surface area contributed by atoms with E-state index in [0.717, 1.165) is 12.0 Å². The Bertz CT molecular complexity index is 328. The second-order valence-corrected chi connectivity index (χ2v) is 3.06. The molecule has 1 aromatic heterocycles. The Balaban J connectivity index is 2.33. The molecule has 0 radical (unpaired) electrons. The van der Waals surface area contributed by atoms with E-state index in [9.17, 15) is 10.0 Å². The Morgan fingerprint density at radius 2 is 2.47 bits per heavy atom. The number of ether oxygens (including phenoxy) is 1. The number of hydrogen-bond donors (Lipinski definition) is 1. The van der Waals surface area contributed by atoms with Crippen LogP contribution < -0.4 is 10.0 Å². The number of aromatic nitrogens is 1. The SMILES string of the molecule is CCCOC(=O)NCc1ccc[n+]([O-])c1. The molecule has 0 saturated carbocycles. The summed E-state index contributed by atoms with van der Waals surface area (Å²) in [5.74, 6) is 0. The molecule has 0 atom stereocenters. The van der Waals surface area contributed by atoms with Crippen LogP contribution in [0.25, 0.3) is 0 Å². The van der Waals surface area contributed by atoms with Crippen molar-refractivity contribution < 1.29 is 14.3 Å². The number of alkyl carbamates (subject to hydrolysis) is 1. The van der Waals surface area contributed by atoms with Crippen LogP contribution in [-0.2, 0) is 11.3 Å². The Morgan fingerprint density at radius 3 is 3.13 bits per heavy atom. The van der Waals surface area contributed by atoms with Crippen LogP contribution in [0.1, 0.15) is 18.9 Å². The normalized spacial score (nSPS) is 9.67. The van der Waals surface area contributed by atoms with Crippen LogP contribution in [0, 0.1) is 5.21 Å². The summed E-state index contributed by atoms with van der Waals surface area (Å²) in [6.07, 6.45) is 3.12. The van der Waals surface area contributed by atoms with Gasteiger partial charge in [0.05, 0.1) is 13.2 Å². The van der Waals surface area contributed by atoms with E-state index in [1.165, 1.54) is 12.4 Å². The molecule has 0 saturated heterocycles. The summed E-state index contributed by atoms with van der Waals surface area (Å²) < 4.78 is 5.50. The lowest BCUT2D eigenvalue weighted by atomic mass is 10.3. The number of nitrogens with one attached hydrogen (secondary N) is 1. The van der Waals surface area contributed by atoms with Crippen molar-refractivity contribution >= 4 is 6.09 Å². The van der Waals surface area contributed by atoms with Crippen molar-refractivity contribution in [3.05, 3.63) is 35.3 Å². The summed E-state index contributed by atoms with van der Waals surface area (Å²) in [4.78, 5) is 11.0. The zero-order chi connectivity index (χ0) is 11.1. The van der Waals surface area contributed by atoms with Gasteiger partial charge in [-0.05, 0) is 12.5 Å². The highest BCUT2D eigenvalue weighted by molar-refractivity contribution is 5.67. The van der Waals surface area contributed by atoms with Crippen molar-refractivity contribution in [2.75, 3.05) is 6.61 Å². The third-order valence-electron chi connectivity index (χ3n) is 1.71. The zero-order valence-electron chi connectivity index (χ0n) is 8.60. The number of hydrogen-bond acceptors (Lipinski definition) is 3. The molecule has 1 rings (SSSR count). The molecule has 15 heavy (non-hydrogen) atoms. The van der Waals surface area contributed by atoms with Crippen molar-refractivity contribution in [1.29, 1.82) is 0 Å². The quantitative estimate of drug-likeness (QED) is 0.594. The largest absolute Gasteiger partial charge is 0.619 e. The Hall–Kier alpha value is -1.78. The van der Waals surface area contributed by atoms with Gasteiger partial charge in [-0.15, -0.1) is 0 Å². The monoisotopic (exact) mass is 210 g/mol. The van der Waals surface area contributed by atoms with Crippen molar-refractivity contribution in [3.63, 3.8) is 0 Å². The fourth-order valence-corrected chi connectivity index (χ4v) is 1.03. The van der Waals surface area contributed by atoms with Crippen molar-refractivity contribution in [3.8, 4) is 0 Å². The molecule has 0 unspecified atom stereocenters. The number of amides is 1. The molecule has 82 valence electrons. The van der Waals surface area contributed by atoms with E-state index in [1.807, 2.05) is 6.92 Å². The van der Waals surface area contributed by atoms with E-state index < -0.39 is 6.09 Å². The lowest BCUT2D eigenvalue weighted by Gasteiger charge is -2.05. The molecule has 1 amide bonds. The van der Waals surface area contributed by atoms with Gasteiger partial charge in [0.1, 0.15) is 0 Å². The predicted molar refractivity (Wildman–Crippen MR) is 53.9 cm³/mol. The molecule has 0 aliphatic heterocycles. The second-order valence-electron chi connectivity index (χ2n) is 3.06. The molecule has 1 aromatic rings. The van der Waals surface area contributed by atoms with Crippen molar-refractivity contribution in [2.45, 2.75) is 19.9 Å². The van der Waals surface area contributed by atoms with Crippen LogP contribution in [-0.4, -0.2) is 12.7 Å². The van der Waals surface area contributed by atoms with Crippen LogP contribution in [0.5, 0.6) is 0 Å². The molecule has 0 bridgehead atoms. The first-order valence-electron chi connectivity index (χ1n) is 4.80. The second kappa shape index (κ2) is 5.85. The van der Waals surface area contributed by atoms with E-state index in [0.29, 0.717) is 17.9 Å². The van der Waals surface area contributed by atoms with Gasteiger partial charge in [-0.3, -0.25) is 0 Å². The highest BCUT2D eigenvalue weighted by Gasteiger charge is 2.02. The van der Waals surface area contributed by atoms with Crippen molar-refractivity contribution in [1.82, 2.24) is 5.32 Å². The molecule has 5 nitrogen and oxygen atoms in total. The van der Waals surface area contributed by atoms with Gasteiger partial charge in [0.15, 0.2) is 12.4 Å². The Labute approximate surface area is 88.3 Å². The van der Waals surface area contributed by atoms with Gasteiger partial charge >= 0.3 is 6.09 Å². The standard InChI is InChI=1S/C10H14N2O3/c1-2-6-15-10(13)11-7-9-4-3-5-12(14)8-9/h3-5,8H,2,6-7H2,1H3,(H,11,13). The highest BCUT2D eigenvalue weighted by atomic mass is 16.5. The van der Waals surface area contributed by atoms with Gasteiger partial charge in [-0.2, -0.15) is 4.73 Å². The first-order chi connectivity index (χ1) is 7.22. The zero-order valence-corrected chi connectivity index (χ0v) is 8.60. The molecule has 0 aromatic carbocycles. The molecular formula is C10H14N2O3. The van der Waals surface area contributed by atoms with Gasteiger partial charge in [0, 0.05) is 11.6 Å². The molecular weight excluding hydrogens is 196 g/mol. The van der Waals surface area contributed by atoms with Crippen LogP contribution in [0.15, 0.2) is 24.5 Å². The van der Waals surface area contributed by atoms with E-state index >= 15 is 0 Å². The summed E-state index contributed by atoms with van der Waals surface area (Å²) in [7, 11) is 0. The summed E-state index contributed by atoms with van der Waals surface area (Å²) in [6, 6.07) is 3.38. The third kappa shape index (κ3) is 4.30. The van der Waals surface area contributed by atoms with Crippen LogP contribution in [0.3, 0.4) is 0 Å². The average molecular weight is 210 g/mol. The Kier molecular flexibility index (Phi) is 4.40. The molecule has 0 aliphatic carbocycles. The minimum atomic E-state index is -0.460. The maximum absolute atomic E-state index is 11.0. The summed E-state index contributed by atoms with van der Waals surface area (Å²) in [5, 5.41) is 13.4. The van der Waals surface area contributed by atoms with E-state index in [-0.39, 0.29) is 0 Å². The summed E-state index contributed by atoms with van der Waals surface area (Å²) in [5.41, 5.74) is 0.737. The van der Waals surface area contributed by atoms with Gasteiger partial charge in [0.25, 0.3) is 0 Å². The number of carbonyl (C=O) groups is 1. The molecule has 0 fully saturated rings. The third-order valence-corrected chi connectivity index (χ3v) is 1.71. The van der Waals surface area contributed by atoms with Gasteiger partial charge < -0.3 is 15.3 Å². The molecule has 0 aliphatic rings. The number of carbonyl (C=O) groups excluding carboxylic acids is 1. The van der Waals surface area contributed by atoms with Crippen molar-refractivity contribution in [2.24, 2.45) is 0 Å². The summed E-state index contributed by atoms with van der Waals surface area (Å²) in [6.45, 7) is 2.62. The predicted octanol–water partition coefficient (Wildman–Crippen LogP) is 0.956. The first-order valence-corrected chi connectivity index (χ1v) is 4.80. The lowest BCUT2D eigenvalue weighted by Crippen LogP contribution is -2.28. The highest BCUT2D eigenvalue weighted by Crippen LogP contribution is 1.93. The van der Waals surface area contributed by atoms with E-state index in [4.69, 9.17) is 4.74 Å². The van der Waals surface area contributed by atoms with Gasteiger partial charge in [-0.25, -0.2) is 4.79 Å². The smallest absolute Gasteiger partial charge is 0.407 e. The van der Waals surface area contributed by atoms with E-state index in [1.54, 1.807) is 12.1 Å². The number of pyridine rings is 1. The summed E-state index contributed by atoms with van der Waals surface area (Å²) >= 11 is 0. The average Bonchev–Trinajstić information content (AvgIpc) is 2.23. The lowest BCUT2D eigenvalue weighted by molar-refractivity contribution is -0.605. The fourth-order valence-electron chi connectivity index (χ4n) is 1.03. The minimum absolute atomic E-state index is 0.297. The van der Waals surface area contributed by atoms with Gasteiger partial charge in [0.2, 0.25) is 0 Å². The van der Waals surface area contributed by atoms with E-state index in [2.05, 4.69) is 5.32 Å². The molecule has 0 spiro atoms. The number of nitrogens with zero attached hydrogens (tertiary/aromatic N) is 1.